The molecule has 120 valence electrons. The van der Waals surface area contributed by atoms with Gasteiger partial charge < -0.3 is 5.32 Å². The fourth-order valence-electron chi connectivity index (χ4n) is 2.89. The summed E-state index contributed by atoms with van der Waals surface area (Å²) in [6.07, 6.45) is 2.47. The van der Waals surface area contributed by atoms with Crippen LogP contribution in [0.2, 0.25) is 0 Å². The van der Waals surface area contributed by atoms with Crippen molar-refractivity contribution in [2.75, 3.05) is 5.32 Å². The molecule has 0 unspecified atom stereocenters. The molecular weight excluding hydrogens is 284 g/mol. The highest BCUT2D eigenvalue weighted by Crippen LogP contribution is 2.41. The lowest BCUT2D eigenvalue weighted by molar-refractivity contribution is -0.118. The van der Waals surface area contributed by atoms with Crippen LogP contribution in [-0.4, -0.2) is 11.9 Å². The van der Waals surface area contributed by atoms with Gasteiger partial charge in [0, 0.05) is 11.7 Å². The first-order valence-corrected chi connectivity index (χ1v) is 8.32. The van der Waals surface area contributed by atoms with E-state index in [0.29, 0.717) is 5.92 Å². The molecule has 0 heterocycles. The van der Waals surface area contributed by atoms with Crippen LogP contribution in [0.3, 0.4) is 0 Å². The Morgan fingerprint density at radius 1 is 1.04 bits per heavy atom. The van der Waals surface area contributed by atoms with E-state index in [2.05, 4.69) is 34.9 Å². The molecule has 3 rings (SSSR count). The predicted octanol–water partition coefficient (Wildman–Crippen LogP) is 4.06. The average molecular weight is 308 g/mol. The summed E-state index contributed by atoms with van der Waals surface area (Å²) in [6.45, 7) is 3.94. The Kier molecular flexibility index (Phi) is 4.77. The summed E-state index contributed by atoms with van der Waals surface area (Å²) < 4.78 is 0. The number of amides is 1. The molecule has 23 heavy (non-hydrogen) atoms. The molecule has 1 aliphatic carbocycles. The van der Waals surface area contributed by atoms with Crippen LogP contribution >= 0.6 is 0 Å². The minimum Gasteiger partial charge on any atom is -0.324 e. The van der Waals surface area contributed by atoms with Gasteiger partial charge in [0.05, 0.1) is 6.04 Å². The fourth-order valence-corrected chi connectivity index (χ4v) is 2.89. The molecule has 0 saturated heterocycles. The third-order valence-electron chi connectivity index (χ3n) is 4.48. The Balaban J connectivity index is 1.66. The molecule has 2 atom stereocenters. The summed E-state index contributed by atoms with van der Waals surface area (Å²) >= 11 is 0. The third kappa shape index (κ3) is 3.99. The van der Waals surface area contributed by atoms with E-state index in [0.717, 1.165) is 11.3 Å². The van der Waals surface area contributed by atoms with Gasteiger partial charge in [-0.05, 0) is 49.8 Å². The van der Waals surface area contributed by atoms with Gasteiger partial charge in [0.2, 0.25) is 5.91 Å². The summed E-state index contributed by atoms with van der Waals surface area (Å²) in [4.78, 5) is 12.5. The van der Waals surface area contributed by atoms with Crippen LogP contribution in [0.1, 0.15) is 36.9 Å². The SMILES string of the molecule is Cc1ccccc1NC(=O)[C@H](C)N[C@H](c1ccccc1)C1CC1. The van der Waals surface area contributed by atoms with Crippen LogP contribution in [-0.2, 0) is 4.79 Å². The third-order valence-corrected chi connectivity index (χ3v) is 4.48. The van der Waals surface area contributed by atoms with E-state index in [1.807, 2.05) is 44.2 Å². The van der Waals surface area contributed by atoms with Gasteiger partial charge in [-0.25, -0.2) is 0 Å². The molecule has 1 saturated carbocycles. The van der Waals surface area contributed by atoms with Gasteiger partial charge in [-0.15, -0.1) is 0 Å². The summed E-state index contributed by atoms with van der Waals surface area (Å²) in [7, 11) is 0. The molecule has 1 aliphatic rings. The van der Waals surface area contributed by atoms with E-state index >= 15 is 0 Å². The van der Waals surface area contributed by atoms with E-state index in [1.54, 1.807) is 0 Å². The summed E-state index contributed by atoms with van der Waals surface area (Å²) in [6, 6.07) is 18.3. The second-order valence-electron chi connectivity index (χ2n) is 6.42. The lowest BCUT2D eigenvalue weighted by Gasteiger charge is -2.23. The van der Waals surface area contributed by atoms with Crippen molar-refractivity contribution in [3.8, 4) is 0 Å². The second-order valence-corrected chi connectivity index (χ2v) is 6.42. The summed E-state index contributed by atoms with van der Waals surface area (Å²) in [5.41, 5.74) is 3.23. The minimum absolute atomic E-state index is 0.0147. The fraction of sp³-hybridized carbons (Fsp3) is 0.350. The van der Waals surface area contributed by atoms with Gasteiger partial charge in [0.15, 0.2) is 0 Å². The van der Waals surface area contributed by atoms with Gasteiger partial charge in [-0.3, -0.25) is 10.1 Å². The van der Waals surface area contributed by atoms with Gasteiger partial charge >= 0.3 is 0 Å². The first-order valence-electron chi connectivity index (χ1n) is 8.32. The zero-order valence-electron chi connectivity index (χ0n) is 13.8. The second kappa shape index (κ2) is 6.97. The molecule has 0 bridgehead atoms. The molecule has 2 N–H and O–H groups in total. The molecule has 0 radical (unpaired) electrons. The number of benzene rings is 2. The van der Waals surface area contributed by atoms with E-state index < -0.39 is 0 Å². The molecule has 0 aliphatic heterocycles. The molecular formula is C20H24N2O. The number of anilines is 1. The number of hydrogen-bond donors (Lipinski definition) is 2. The van der Waals surface area contributed by atoms with Crippen molar-refractivity contribution in [1.29, 1.82) is 0 Å². The van der Waals surface area contributed by atoms with E-state index in [1.165, 1.54) is 18.4 Å². The standard InChI is InChI=1S/C20H24N2O/c1-14-8-6-7-11-18(14)22-20(23)15(2)21-19(17-12-13-17)16-9-4-3-5-10-16/h3-11,15,17,19,21H,12-13H2,1-2H3,(H,22,23)/t15-,19+/m0/s1. The molecule has 3 heteroatoms. The number of para-hydroxylation sites is 1. The Bertz CT molecular complexity index is 664. The van der Waals surface area contributed by atoms with Crippen molar-refractivity contribution < 1.29 is 4.79 Å². The summed E-state index contributed by atoms with van der Waals surface area (Å²) in [5, 5.41) is 6.55. The zero-order valence-corrected chi connectivity index (χ0v) is 13.8. The number of rotatable bonds is 6. The van der Waals surface area contributed by atoms with Crippen molar-refractivity contribution in [3.05, 3.63) is 65.7 Å². The molecule has 1 amide bonds. The Morgan fingerprint density at radius 2 is 1.70 bits per heavy atom. The lowest BCUT2D eigenvalue weighted by atomic mass is 10.0. The highest BCUT2D eigenvalue weighted by Gasteiger charge is 2.33. The minimum atomic E-state index is -0.236. The molecule has 0 spiro atoms. The lowest BCUT2D eigenvalue weighted by Crippen LogP contribution is -2.41. The first-order chi connectivity index (χ1) is 11.1. The van der Waals surface area contributed by atoms with Crippen LogP contribution in [0.25, 0.3) is 0 Å². The van der Waals surface area contributed by atoms with Gasteiger partial charge in [0.25, 0.3) is 0 Å². The molecule has 2 aromatic rings. The highest BCUT2D eigenvalue weighted by molar-refractivity contribution is 5.95. The number of aryl methyl sites for hydroxylation is 1. The van der Waals surface area contributed by atoms with Crippen LogP contribution in [0.4, 0.5) is 5.69 Å². The van der Waals surface area contributed by atoms with Crippen molar-refractivity contribution in [2.45, 2.75) is 38.8 Å². The Morgan fingerprint density at radius 3 is 2.35 bits per heavy atom. The smallest absolute Gasteiger partial charge is 0.241 e. The topological polar surface area (TPSA) is 41.1 Å². The average Bonchev–Trinajstić information content (AvgIpc) is 3.40. The van der Waals surface area contributed by atoms with E-state index in [9.17, 15) is 4.79 Å². The maximum Gasteiger partial charge on any atom is 0.241 e. The predicted molar refractivity (Wildman–Crippen MR) is 94.3 cm³/mol. The number of hydrogen-bond acceptors (Lipinski definition) is 2. The maximum atomic E-state index is 12.5. The van der Waals surface area contributed by atoms with E-state index in [4.69, 9.17) is 0 Å². The van der Waals surface area contributed by atoms with Crippen molar-refractivity contribution in [1.82, 2.24) is 5.32 Å². The first kappa shape index (κ1) is 15.8. The van der Waals surface area contributed by atoms with E-state index in [-0.39, 0.29) is 18.0 Å². The number of nitrogens with one attached hydrogen (secondary N) is 2. The molecule has 1 fully saturated rings. The zero-order chi connectivity index (χ0) is 16.2. The Labute approximate surface area is 138 Å². The van der Waals surface area contributed by atoms with Crippen molar-refractivity contribution in [3.63, 3.8) is 0 Å². The normalized spacial score (nSPS) is 16.6. The van der Waals surface area contributed by atoms with Crippen LogP contribution in [0.15, 0.2) is 54.6 Å². The molecule has 2 aromatic carbocycles. The van der Waals surface area contributed by atoms with Crippen molar-refractivity contribution >= 4 is 11.6 Å². The number of carbonyl (C=O) groups excluding carboxylic acids is 1. The maximum absolute atomic E-state index is 12.5. The van der Waals surface area contributed by atoms with Crippen molar-refractivity contribution in [2.24, 2.45) is 5.92 Å². The largest absolute Gasteiger partial charge is 0.324 e. The molecule has 0 aromatic heterocycles. The van der Waals surface area contributed by atoms with Crippen LogP contribution < -0.4 is 10.6 Å². The Hall–Kier alpha value is -2.13. The van der Waals surface area contributed by atoms with Crippen LogP contribution in [0.5, 0.6) is 0 Å². The van der Waals surface area contributed by atoms with Crippen LogP contribution in [0, 0.1) is 12.8 Å². The summed E-state index contributed by atoms with van der Waals surface area (Å²) in [5.74, 6) is 0.659. The molecule has 3 nitrogen and oxygen atoms in total. The highest BCUT2D eigenvalue weighted by atomic mass is 16.2. The van der Waals surface area contributed by atoms with Gasteiger partial charge in [0.1, 0.15) is 0 Å². The monoisotopic (exact) mass is 308 g/mol. The van der Waals surface area contributed by atoms with Gasteiger partial charge in [-0.2, -0.15) is 0 Å². The van der Waals surface area contributed by atoms with Gasteiger partial charge in [-0.1, -0.05) is 48.5 Å². The number of carbonyl (C=O) groups is 1. The quantitative estimate of drug-likeness (QED) is 0.845.